The molecular formula is C60H43NOSi. The van der Waals surface area contributed by atoms with Crippen LogP contribution in [-0.4, -0.2) is 8.07 Å². The number of para-hydroxylation sites is 1. The van der Waals surface area contributed by atoms with Crippen LogP contribution in [0.2, 0.25) is 0 Å². The van der Waals surface area contributed by atoms with E-state index >= 15 is 0 Å². The topological polar surface area (TPSA) is 16.4 Å². The van der Waals surface area contributed by atoms with Crippen LogP contribution in [0.15, 0.2) is 265 Å². The van der Waals surface area contributed by atoms with Crippen molar-refractivity contribution in [1.82, 2.24) is 0 Å². The molecule has 0 saturated carbocycles. The highest BCUT2D eigenvalue weighted by molar-refractivity contribution is 7.19. The van der Waals surface area contributed by atoms with Gasteiger partial charge in [0.1, 0.15) is 11.2 Å². The normalized spacial score (nSPS) is 11.5. The van der Waals surface area contributed by atoms with Crippen molar-refractivity contribution in [3.63, 3.8) is 0 Å². The molecule has 298 valence electrons. The number of benzene rings is 10. The molecule has 1 aromatic heterocycles. The molecule has 0 N–H and O–H groups in total. The molecule has 10 aromatic carbocycles. The Labute approximate surface area is 369 Å². The summed E-state index contributed by atoms with van der Waals surface area (Å²) in [6.45, 7) is 0. The minimum Gasteiger partial charge on any atom is -0.456 e. The van der Waals surface area contributed by atoms with Crippen molar-refractivity contribution >= 4 is 67.8 Å². The zero-order valence-electron chi connectivity index (χ0n) is 34.7. The number of nitrogens with zero attached hydrogens (tertiary/aromatic N) is 1. The zero-order chi connectivity index (χ0) is 42.0. The SMILES string of the molecule is c1ccc(-c2ccc(N(c3ccc(-c4ccc(-c5ccc6c(c5)oc5ccccc56)cc4)cc3)c3ccc([Si](c4ccccc4)(c4ccccc4)c4ccccc4)cc3)cc2)cc1. The third-order valence-electron chi connectivity index (χ3n) is 12.5. The zero-order valence-corrected chi connectivity index (χ0v) is 35.7. The van der Waals surface area contributed by atoms with Crippen molar-refractivity contribution in [2.75, 3.05) is 4.90 Å². The van der Waals surface area contributed by atoms with Crippen LogP contribution < -0.4 is 25.6 Å². The van der Waals surface area contributed by atoms with Gasteiger partial charge >= 0.3 is 0 Å². The van der Waals surface area contributed by atoms with E-state index in [1.54, 1.807) is 0 Å². The summed E-state index contributed by atoms with van der Waals surface area (Å²) in [6.07, 6.45) is 0. The van der Waals surface area contributed by atoms with Crippen molar-refractivity contribution in [3.8, 4) is 33.4 Å². The van der Waals surface area contributed by atoms with Gasteiger partial charge in [-0.3, -0.25) is 0 Å². The predicted octanol–water partition coefficient (Wildman–Crippen LogP) is 13.4. The molecular weight excluding hydrogens is 779 g/mol. The summed E-state index contributed by atoms with van der Waals surface area (Å²) in [4.78, 5) is 2.37. The van der Waals surface area contributed by atoms with Gasteiger partial charge in [0.25, 0.3) is 0 Å². The van der Waals surface area contributed by atoms with Gasteiger partial charge in [-0.2, -0.15) is 0 Å². The Bertz CT molecular complexity index is 3180. The van der Waals surface area contributed by atoms with E-state index in [1.165, 1.54) is 37.4 Å². The Balaban J connectivity index is 0.963. The lowest BCUT2D eigenvalue weighted by Gasteiger charge is -2.35. The molecule has 11 rings (SSSR count). The molecule has 3 heteroatoms. The first-order valence-corrected chi connectivity index (χ1v) is 23.6. The summed E-state index contributed by atoms with van der Waals surface area (Å²) in [6, 6.07) is 94.8. The van der Waals surface area contributed by atoms with Gasteiger partial charge in [0.15, 0.2) is 8.07 Å². The number of fused-ring (bicyclic) bond motifs is 3. The number of furan rings is 1. The molecule has 0 aliphatic heterocycles. The monoisotopic (exact) mass is 821 g/mol. The minimum absolute atomic E-state index is 0.909. The molecule has 0 aliphatic rings. The molecule has 0 spiro atoms. The Morgan fingerprint density at radius 3 is 1.08 bits per heavy atom. The van der Waals surface area contributed by atoms with Gasteiger partial charge in [-0.15, -0.1) is 0 Å². The molecule has 0 unspecified atom stereocenters. The first-order chi connectivity index (χ1) is 31.2. The van der Waals surface area contributed by atoms with Gasteiger partial charge in [-0.1, -0.05) is 206 Å². The standard InChI is InChI=1S/C60H43NOSi/c1-5-15-44(16-6-1)46-29-34-50(35-30-46)61(52-38-40-56(41-39-52)63(53-17-7-2-8-18-53,54-19-9-3-10-20-54)55-21-11-4-12-22-55)51-36-31-47(32-37-51)45-25-27-48(28-26-45)49-33-42-58-57-23-13-14-24-59(57)62-60(58)43-49/h1-43H. The lowest BCUT2D eigenvalue weighted by molar-refractivity contribution is 0.669. The maximum Gasteiger partial charge on any atom is 0.179 e. The highest BCUT2D eigenvalue weighted by atomic mass is 28.3. The first kappa shape index (κ1) is 38.0. The quantitative estimate of drug-likeness (QED) is 0.101. The van der Waals surface area contributed by atoms with Crippen LogP contribution in [0.4, 0.5) is 17.1 Å². The van der Waals surface area contributed by atoms with E-state index in [9.17, 15) is 0 Å². The van der Waals surface area contributed by atoms with Crippen LogP contribution in [0.1, 0.15) is 0 Å². The van der Waals surface area contributed by atoms with Gasteiger partial charge in [0, 0.05) is 27.8 Å². The second kappa shape index (κ2) is 16.5. The van der Waals surface area contributed by atoms with Crippen LogP contribution in [0.3, 0.4) is 0 Å². The van der Waals surface area contributed by atoms with Gasteiger partial charge < -0.3 is 9.32 Å². The molecule has 1 heterocycles. The maximum atomic E-state index is 6.20. The number of rotatable bonds is 10. The van der Waals surface area contributed by atoms with Crippen molar-refractivity contribution in [3.05, 3.63) is 261 Å². The summed E-state index contributed by atoms with van der Waals surface area (Å²) >= 11 is 0. The fraction of sp³-hybridized carbons (Fsp3) is 0. The van der Waals surface area contributed by atoms with E-state index < -0.39 is 8.07 Å². The van der Waals surface area contributed by atoms with Crippen LogP contribution >= 0.6 is 0 Å². The minimum atomic E-state index is -2.67. The largest absolute Gasteiger partial charge is 0.456 e. The smallest absolute Gasteiger partial charge is 0.179 e. The highest BCUT2D eigenvalue weighted by Gasteiger charge is 2.41. The van der Waals surface area contributed by atoms with Gasteiger partial charge in [0.2, 0.25) is 0 Å². The summed E-state index contributed by atoms with van der Waals surface area (Å²) < 4.78 is 6.20. The van der Waals surface area contributed by atoms with Gasteiger partial charge in [-0.25, -0.2) is 0 Å². The Hall–Kier alpha value is -7.98. The fourth-order valence-corrected chi connectivity index (χ4v) is 14.1. The molecule has 0 saturated heterocycles. The molecule has 0 radical (unpaired) electrons. The number of hydrogen-bond donors (Lipinski definition) is 0. The average Bonchev–Trinajstić information content (AvgIpc) is 3.75. The highest BCUT2D eigenvalue weighted by Crippen LogP contribution is 2.38. The first-order valence-electron chi connectivity index (χ1n) is 21.6. The van der Waals surface area contributed by atoms with Gasteiger partial charge in [0.05, 0.1) is 0 Å². The van der Waals surface area contributed by atoms with E-state index in [0.717, 1.165) is 55.7 Å². The van der Waals surface area contributed by atoms with Crippen molar-refractivity contribution in [2.45, 2.75) is 0 Å². The van der Waals surface area contributed by atoms with E-state index in [0.29, 0.717) is 0 Å². The lowest BCUT2D eigenvalue weighted by atomic mass is 9.99. The average molecular weight is 822 g/mol. The molecule has 11 aromatic rings. The Kier molecular flexibility index (Phi) is 9.93. The predicted molar refractivity (Wildman–Crippen MR) is 268 cm³/mol. The van der Waals surface area contributed by atoms with E-state index in [2.05, 4.69) is 254 Å². The van der Waals surface area contributed by atoms with E-state index in [1.807, 2.05) is 12.1 Å². The molecule has 0 atom stereocenters. The lowest BCUT2D eigenvalue weighted by Crippen LogP contribution is -2.74. The summed E-state index contributed by atoms with van der Waals surface area (Å²) in [7, 11) is -2.67. The summed E-state index contributed by atoms with van der Waals surface area (Å²) in [5.41, 5.74) is 12.1. The van der Waals surface area contributed by atoms with Crippen molar-refractivity contribution in [2.24, 2.45) is 0 Å². The molecule has 63 heavy (non-hydrogen) atoms. The second-order valence-corrected chi connectivity index (χ2v) is 19.9. The van der Waals surface area contributed by atoms with Crippen molar-refractivity contribution < 1.29 is 4.42 Å². The summed E-state index contributed by atoms with van der Waals surface area (Å²) in [5.74, 6) is 0. The molecule has 0 bridgehead atoms. The van der Waals surface area contributed by atoms with Crippen LogP contribution in [0.25, 0.3) is 55.3 Å². The van der Waals surface area contributed by atoms with Crippen LogP contribution in [0.5, 0.6) is 0 Å². The second-order valence-electron chi connectivity index (χ2n) is 16.1. The number of hydrogen-bond acceptors (Lipinski definition) is 2. The molecule has 2 nitrogen and oxygen atoms in total. The molecule has 0 amide bonds. The Morgan fingerprint density at radius 2 is 0.587 bits per heavy atom. The summed E-state index contributed by atoms with van der Waals surface area (Å²) in [5, 5.41) is 7.71. The van der Waals surface area contributed by atoms with Crippen molar-refractivity contribution in [1.29, 1.82) is 0 Å². The third-order valence-corrected chi connectivity index (χ3v) is 17.3. The van der Waals surface area contributed by atoms with Gasteiger partial charge in [-0.05, 0) is 109 Å². The van der Waals surface area contributed by atoms with E-state index in [4.69, 9.17) is 4.42 Å². The molecule has 0 fully saturated rings. The fourth-order valence-electron chi connectivity index (χ4n) is 9.37. The van der Waals surface area contributed by atoms with E-state index in [-0.39, 0.29) is 0 Å². The third kappa shape index (κ3) is 7.05. The maximum absolute atomic E-state index is 6.20. The Morgan fingerprint density at radius 1 is 0.254 bits per heavy atom. The van der Waals surface area contributed by atoms with Crippen LogP contribution in [0, 0.1) is 0 Å². The number of anilines is 3. The van der Waals surface area contributed by atoms with Crippen LogP contribution in [-0.2, 0) is 0 Å². The molecule has 0 aliphatic carbocycles.